The lowest BCUT2D eigenvalue weighted by Gasteiger charge is -2.20. The van der Waals surface area contributed by atoms with E-state index in [0.717, 1.165) is 22.2 Å². The summed E-state index contributed by atoms with van der Waals surface area (Å²) < 4.78 is 5.10. The van der Waals surface area contributed by atoms with Crippen molar-refractivity contribution in [3.63, 3.8) is 0 Å². The fraction of sp³-hybridized carbons (Fsp3) is 0.438. The summed E-state index contributed by atoms with van der Waals surface area (Å²) in [5, 5.41) is 5.36. The van der Waals surface area contributed by atoms with Crippen LogP contribution in [0.2, 0.25) is 0 Å². The van der Waals surface area contributed by atoms with Gasteiger partial charge in [-0.05, 0) is 25.0 Å². The number of thioether (sulfide) groups is 1. The summed E-state index contributed by atoms with van der Waals surface area (Å²) >= 11 is 1.68. The molecule has 0 bridgehead atoms. The lowest BCUT2D eigenvalue weighted by atomic mass is 9.96. The first kappa shape index (κ1) is 14.6. The molecule has 1 saturated carbocycles. The Bertz CT molecular complexity index is 830. The van der Waals surface area contributed by atoms with Crippen molar-refractivity contribution in [3.05, 3.63) is 34.3 Å². The van der Waals surface area contributed by atoms with Crippen molar-refractivity contribution in [3.8, 4) is 0 Å². The summed E-state index contributed by atoms with van der Waals surface area (Å²) in [7, 11) is 0. The van der Waals surface area contributed by atoms with E-state index in [9.17, 15) is 4.79 Å². The monoisotopic (exact) mass is 330 g/mol. The number of aliphatic imine (C=N–C) groups is 1. The minimum atomic E-state index is -0.433. The highest BCUT2D eigenvalue weighted by molar-refractivity contribution is 8.14. The Morgan fingerprint density at radius 3 is 2.91 bits per heavy atom. The molecular formula is C16H18N4O2S. The molecule has 0 unspecified atom stereocenters. The first-order valence-corrected chi connectivity index (χ1v) is 8.93. The SMILES string of the molecule is O=c1[nH]c2ccc(C3=NNC(=NC4CCCCC4)SC3)cc2o1. The van der Waals surface area contributed by atoms with Crippen LogP contribution in [0.3, 0.4) is 0 Å². The van der Waals surface area contributed by atoms with Gasteiger partial charge in [0.05, 0.1) is 17.3 Å². The summed E-state index contributed by atoms with van der Waals surface area (Å²) in [6, 6.07) is 6.07. The number of hydrogen-bond donors (Lipinski definition) is 2. The van der Waals surface area contributed by atoms with Crippen molar-refractivity contribution in [2.75, 3.05) is 5.75 Å². The van der Waals surface area contributed by atoms with Crippen LogP contribution in [0.4, 0.5) is 0 Å². The Labute approximate surface area is 137 Å². The van der Waals surface area contributed by atoms with Crippen LogP contribution in [0.25, 0.3) is 11.1 Å². The summed E-state index contributed by atoms with van der Waals surface area (Å²) in [6.45, 7) is 0. The molecule has 1 aromatic carbocycles. The van der Waals surface area contributed by atoms with Crippen molar-refractivity contribution >= 4 is 33.7 Å². The molecule has 1 fully saturated rings. The van der Waals surface area contributed by atoms with Crippen LogP contribution in [0.1, 0.15) is 37.7 Å². The van der Waals surface area contributed by atoms with Crippen molar-refractivity contribution in [2.45, 2.75) is 38.1 Å². The van der Waals surface area contributed by atoms with Gasteiger partial charge in [0.1, 0.15) is 0 Å². The molecule has 7 heteroatoms. The third kappa shape index (κ3) is 3.19. The van der Waals surface area contributed by atoms with E-state index in [0.29, 0.717) is 17.1 Å². The molecule has 2 heterocycles. The number of H-pyrrole nitrogens is 1. The molecule has 1 aromatic heterocycles. The fourth-order valence-corrected chi connectivity index (χ4v) is 3.87. The number of aromatic amines is 1. The Balaban J connectivity index is 1.51. The maximum Gasteiger partial charge on any atom is 0.417 e. The van der Waals surface area contributed by atoms with E-state index < -0.39 is 5.76 Å². The van der Waals surface area contributed by atoms with Crippen molar-refractivity contribution in [1.29, 1.82) is 0 Å². The molecule has 1 aliphatic heterocycles. The third-order valence-corrected chi connectivity index (χ3v) is 5.15. The van der Waals surface area contributed by atoms with Crippen LogP contribution in [0.5, 0.6) is 0 Å². The molecular weight excluding hydrogens is 312 g/mol. The number of benzene rings is 1. The molecule has 4 rings (SSSR count). The molecule has 2 aliphatic rings. The van der Waals surface area contributed by atoms with Gasteiger partial charge < -0.3 is 4.42 Å². The molecule has 0 saturated heterocycles. The smallest absolute Gasteiger partial charge is 0.408 e. The molecule has 0 spiro atoms. The average molecular weight is 330 g/mol. The maximum absolute atomic E-state index is 11.2. The van der Waals surface area contributed by atoms with E-state index in [1.807, 2.05) is 18.2 Å². The van der Waals surface area contributed by atoms with Gasteiger partial charge in [0, 0.05) is 11.3 Å². The number of hydrogen-bond acceptors (Lipinski definition) is 5. The van der Waals surface area contributed by atoms with Gasteiger partial charge >= 0.3 is 5.76 Å². The highest BCUT2D eigenvalue weighted by Crippen LogP contribution is 2.23. The van der Waals surface area contributed by atoms with Crippen molar-refractivity contribution in [2.24, 2.45) is 10.1 Å². The molecule has 23 heavy (non-hydrogen) atoms. The van der Waals surface area contributed by atoms with Gasteiger partial charge in [-0.2, -0.15) is 5.10 Å². The summed E-state index contributed by atoms with van der Waals surface area (Å²) in [4.78, 5) is 18.6. The number of oxazole rings is 1. The third-order valence-electron chi connectivity index (χ3n) is 4.26. The predicted molar refractivity (Wildman–Crippen MR) is 93.3 cm³/mol. The van der Waals surface area contributed by atoms with E-state index in [1.54, 1.807) is 11.8 Å². The first-order valence-electron chi connectivity index (χ1n) is 7.94. The summed E-state index contributed by atoms with van der Waals surface area (Å²) in [6.07, 6.45) is 6.27. The Hall–Kier alpha value is -2.02. The largest absolute Gasteiger partial charge is 0.417 e. The topological polar surface area (TPSA) is 82.8 Å². The second-order valence-electron chi connectivity index (χ2n) is 5.91. The number of fused-ring (bicyclic) bond motifs is 1. The standard InChI is InChI=1S/C16H18N4O2S/c21-16-18-12-7-6-10(8-14(12)22-16)13-9-23-15(20-19-13)17-11-4-2-1-3-5-11/h6-8,11H,1-5,9H2,(H,17,20)(H,18,21). The second kappa shape index (κ2) is 6.23. The number of hydrazone groups is 1. The fourth-order valence-electron chi connectivity index (χ4n) is 3.03. The van der Waals surface area contributed by atoms with Gasteiger partial charge in [0.15, 0.2) is 10.8 Å². The van der Waals surface area contributed by atoms with E-state index in [-0.39, 0.29) is 0 Å². The average Bonchev–Trinajstić information content (AvgIpc) is 2.95. The van der Waals surface area contributed by atoms with Crippen LogP contribution in [0.15, 0.2) is 37.5 Å². The van der Waals surface area contributed by atoms with Crippen LogP contribution < -0.4 is 11.2 Å². The minimum absolute atomic E-state index is 0.433. The van der Waals surface area contributed by atoms with E-state index in [4.69, 9.17) is 9.41 Å². The molecule has 0 atom stereocenters. The van der Waals surface area contributed by atoms with Crippen molar-refractivity contribution < 1.29 is 4.42 Å². The number of nitrogens with zero attached hydrogens (tertiary/aromatic N) is 2. The molecule has 120 valence electrons. The van der Waals surface area contributed by atoms with E-state index in [2.05, 4.69) is 15.5 Å². The Morgan fingerprint density at radius 1 is 1.26 bits per heavy atom. The van der Waals surface area contributed by atoms with Gasteiger partial charge in [0.2, 0.25) is 0 Å². The molecule has 0 amide bonds. The van der Waals surface area contributed by atoms with Crippen LogP contribution >= 0.6 is 11.8 Å². The van der Waals surface area contributed by atoms with Gasteiger partial charge in [-0.15, -0.1) is 0 Å². The summed E-state index contributed by atoms with van der Waals surface area (Å²) in [5.41, 5.74) is 6.22. The van der Waals surface area contributed by atoms with Gasteiger partial charge in [0.25, 0.3) is 0 Å². The lowest BCUT2D eigenvalue weighted by Crippen LogP contribution is -2.27. The van der Waals surface area contributed by atoms with Gasteiger partial charge in [-0.1, -0.05) is 37.1 Å². The molecule has 1 aliphatic carbocycles. The first-order chi connectivity index (χ1) is 11.3. The summed E-state index contributed by atoms with van der Waals surface area (Å²) in [5.74, 6) is 0.329. The molecule has 2 aromatic rings. The van der Waals surface area contributed by atoms with E-state index in [1.165, 1.54) is 32.1 Å². The number of amidine groups is 1. The van der Waals surface area contributed by atoms with Crippen LogP contribution in [-0.2, 0) is 0 Å². The zero-order valence-electron chi connectivity index (χ0n) is 12.7. The zero-order valence-corrected chi connectivity index (χ0v) is 13.5. The molecule has 6 nitrogen and oxygen atoms in total. The Kier molecular flexibility index (Phi) is 3.95. The highest BCUT2D eigenvalue weighted by atomic mass is 32.2. The highest BCUT2D eigenvalue weighted by Gasteiger charge is 2.17. The minimum Gasteiger partial charge on any atom is -0.408 e. The van der Waals surface area contributed by atoms with Crippen molar-refractivity contribution in [1.82, 2.24) is 10.4 Å². The molecule has 2 N–H and O–H groups in total. The van der Waals surface area contributed by atoms with Crippen LogP contribution in [-0.4, -0.2) is 27.7 Å². The quantitative estimate of drug-likeness (QED) is 0.887. The van der Waals surface area contributed by atoms with Crippen LogP contribution in [0, 0.1) is 0 Å². The number of nitrogens with one attached hydrogen (secondary N) is 2. The van der Waals surface area contributed by atoms with Gasteiger partial charge in [-0.3, -0.25) is 15.4 Å². The number of aromatic nitrogens is 1. The zero-order chi connectivity index (χ0) is 15.6. The maximum atomic E-state index is 11.2. The number of rotatable bonds is 2. The normalized spacial score (nSPS) is 21.4. The predicted octanol–water partition coefficient (Wildman–Crippen LogP) is 2.85. The molecule has 0 radical (unpaired) electrons. The second-order valence-corrected chi connectivity index (χ2v) is 6.87. The van der Waals surface area contributed by atoms with E-state index >= 15 is 0 Å². The lowest BCUT2D eigenvalue weighted by molar-refractivity contribution is 0.443. The van der Waals surface area contributed by atoms with Gasteiger partial charge in [-0.25, -0.2) is 4.79 Å². The Morgan fingerprint density at radius 2 is 2.13 bits per heavy atom.